The van der Waals surface area contributed by atoms with Gasteiger partial charge in [0.15, 0.2) is 0 Å². The van der Waals surface area contributed by atoms with Crippen LogP contribution in [0.1, 0.15) is 54.0 Å². The lowest BCUT2D eigenvalue weighted by Gasteiger charge is -2.20. The van der Waals surface area contributed by atoms with Gasteiger partial charge in [-0.05, 0) is 50.4 Å². The van der Waals surface area contributed by atoms with Crippen molar-refractivity contribution in [1.29, 1.82) is 0 Å². The summed E-state index contributed by atoms with van der Waals surface area (Å²) >= 11 is 3.56. The third kappa shape index (κ3) is 4.61. The van der Waals surface area contributed by atoms with Gasteiger partial charge in [0.25, 0.3) is 0 Å². The van der Waals surface area contributed by atoms with Crippen molar-refractivity contribution in [1.82, 2.24) is 10.3 Å². The SMILES string of the molecule is COCCCCCC(=O)Cc1sc2c(c1-c1nc3ccccc3s1)CCNC2C. The quantitative estimate of drug-likeness (QED) is 0.454. The van der Waals surface area contributed by atoms with Crippen LogP contribution >= 0.6 is 22.7 Å². The number of methoxy groups -OCH3 is 1. The minimum atomic E-state index is 0.337. The molecular formula is C23H28N2O2S2. The Morgan fingerprint density at radius 3 is 2.93 bits per heavy atom. The molecule has 3 aromatic rings. The van der Waals surface area contributed by atoms with Crippen molar-refractivity contribution in [2.45, 2.75) is 51.5 Å². The summed E-state index contributed by atoms with van der Waals surface area (Å²) in [7, 11) is 1.73. The van der Waals surface area contributed by atoms with Gasteiger partial charge in [-0.25, -0.2) is 4.98 Å². The number of para-hydroxylation sites is 1. The number of fused-ring (bicyclic) bond motifs is 2. The van der Waals surface area contributed by atoms with Crippen LogP contribution in [0.3, 0.4) is 0 Å². The molecule has 154 valence electrons. The molecule has 0 saturated carbocycles. The number of hydrogen-bond donors (Lipinski definition) is 1. The number of unbranched alkanes of at least 4 members (excludes halogenated alkanes) is 2. The van der Waals surface area contributed by atoms with E-state index in [0.29, 0.717) is 24.7 Å². The summed E-state index contributed by atoms with van der Waals surface area (Å²) in [6.07, 6.45) is 5.21. The fourth-order valence-electron chi connectivity index (χ4n) is 4.01. The summed E-state index contributed by atoms with van der Waals surface area (Å²) in [5.74, 6) is 0.337. The van der Waals surface area contributed by atoms with Crippen molar-refractivity contribution < 1.29 is 9.53 Å². The Bertz CT molecular complexity index is 959. The summed E-state index contributed by atoms with van der Waals surface area (Å²) in [5.41, 5.74) is 3.69. The number of thiophene rings is 1. The highest BCUT2D eigenvalue weighted by Crippen LogP contribution is 2.44. The van der Waals surface area contributed by atoms with Crippen molar-refractivity contribution in [2.75, 3.05) is 20.3 Å². The molecular weight excluding hydrogens is 400 g/mol. The zero-order chi connectivity index (χ0) is 20.2. The molecule has 4 rings (SSSR count). The van der Waals surface area contributed by atoms with Gasteiger partial charge in [0.2, 0.25) is 0 Å². The van der Waals surface area contributed by atoms with Crippen molar-refractivity contribution in [2.24, 2.45) is 0 Å². The van der Waals surface area contributed by atoms with Crippen LogP contribution in [0.15, 0.2) is 24.3 Å². The summed E-state index contributed by atoms with van der Waals surface area (Å²) < 4.78 is 6.30. The zero-order valence-electron chi connectivity index (χ0n) is 17.1. The van der Waals surface area contributed by atoms with E-state index >= 15 is 0 Å². The molecule has 0 aliphatic carbocycles. The number of nitrogens with zero attached hydrogens (tertiary/aromatic N) is 1. The Hall–Kier alpha value is -1.60. The van der Waals surface area contributed by atoms with Gasteiger partial charge < -0.3 is 10.1 Å². The molecule has 2 aromatic heterocycles. The van der Waals surface area contributed by atoms with E-state index < -0.39 is 0 Å². The van der Waals surface area contributed by atoms with E-state index in [1.165, 1.54) is 25.6 Å². The highest BCUT2D eigenvalue weighted by atomic mass is 32.1. The fourth-order valence-corrected chi connectivity index (χ4v) is 6.54. The van der Waals surface area contributed by atoms with Crippen molar-refractivity contribution in [3.63, 3.8) is 0 Å². The minimum absolute atomic E-state index is 0.337. The monoisotopic (exact) mass is 428 g/mol. The highest BCUT2D eigenvalue weighted by molar-refractivity contribution is 7.22. The number of rotatable bonds is 9. The van der Waals surface area contributed by atoms with Crippen molar-refractivity contribution in [3.05, 3.63) is 39.6 Å². The van der Waals surface area contributed by atoms with Crippen LogP contribution in [-0.2, 0) is 22.4 Å². The standard InChI is InChI=1S/C23H28N2O2S2/c1-15-22-17(11-12-24-15)21(23-25-18-9-5-6-10-19(18)29-23)20(28-22)14-16(26)8-4-3-7-13-27-2/h5-6,9-10,15,24H,3-4,7-8,11-14H2,1-2H3. The number of thiazole rings is 1. The summed E-state index contributed by atoms with van der Waals surface area (Å²) in [6.45, 7) is 3.98. The van der Waals surface area contributed by atoms with Gasteiger partial charge in [-0.1, -0.05) is 18.6 Å². The zero-order valence-corrected chi connectivity index (χ0v) is 18.8. The molecule has 29 heavy (non-hydrogen) atoms. The molecule has 3 heterocycles. The summed E-state index contributed by atoms with van der Waals surface area (Å²) in [5, 5.41) is 4.63. The molecule has 0 radical (unpaired) electrons. The largest absolute Gasteiger partial charge is 0.385 e. The number of benzene rings is 1. The Balaban J connectivity index is 1.60. The first kappa shape index (κ1) is 20.7. The van der Waals surface area contributed by atoms with Gasteiger partial charge in [0, 0.05) is 47.9 Å². The van der Waals surface area contributed by atoms with Gasteiger partial charge in [0.05, 0.1) is 10.2 Å². The van der Waals surface area contributed by atoms with Crippen LogP contribution in [0.25, 0.3) is 20.8 Å². The second-order valence-corrected chi connectivity index (χ2v) is 9.84. The van der Waals surface area contributed by atoms with Gasteiger partial charge in [-0.15, -0.1) is 22.7 Å². The van der Waals surface area contributed by atoms with Crippen molar-refractivity contribution >= 4 is 38.7 Å². The van der Waals surface area contributed by atoms with Gasteiger partial charge >= 0.3 is 0 Å². The molecule has 0 amide bonds. The molecule has 1 aliphatic heterocycles. The molecule has 1 aromatic carbocycles. The smallest absolute Gasteiger partial charge is 0.138 e. The van der Waals surface area contributed by atoms with E-state index in [-0.39, 0.29) is 0 Å². The van der Waals surface area contributed by atoms with E-state index in [1.807, 2.05) is 17.4 Å². The number of ketones is 1. The number of nitrogens with one attached hydrogen (secondary N) is 1. The third-order valence-electron chi connectivity index (χ3n) is 5.50. The highest BCUT2D eigenvalue weighted by Gasteiger charge is 2.27. The molecule has 4 nitrogen and oxygen atoms in total. The number of ether oxygens (including phenoxy) is 1. The predicted octanol–water partition coefficient (Wildman–Crippen LogP) is 5.55. The Morgan fingerprint density at radius 2 is 2.10 bits per heavy atom. The van der Waals surface area contributed by atoms with E-state index in [9.17, 15) is 4.79 Å². The van der Waals surface area contributed by atoms with Gasteiger partial charge in [-0.2, -0.15) is 0 Å². The fraction of sp³-hybridized carbons (Fsp3) is 0.478. The van der Waals surface area contributed by atoms with E-state index in [0.717, 1.165) is 49.4 Å². The first-order chi connectivity index (χ1) is 14.2. The minimum Gasteiger partial charge on any atom is -0.385 e. The molecule has 6 heteroatoms. The number of carbonyl (C=O) groups excluding carboxylic acids is 1. The maximum Gasteiger partial charge on any atom is 0.138 e. The van der Waals surface area contributed by atoms with E-state index in [2.05, 4.69) is 30.4 Å². The molecule has 1 atom stereocenters. The van der Waals surface area contributed by atoms with Crippen LogP contribution in [-0.4, -0.2) is 31.0 Å². The lowest BCUT2D eigenvalue weighted by atomic mass is 9.97. The molecule has 1 unspecified atom stereocenters. The summed E-state index contributed by atoms with van der Waals surface area (Å²) in [4.78, 5) is 20.3. The lowest BCUT2D eigenvalue weighted by molar-refractivity contribution is -0.118. The Morgan fingerprint density at radius 1 is 1.24 bits per heavy atom. The molecule has 0 bridgehead atoms. The molecule has 1 aliphatic rings. The molecule has 0 saturated heterocycles. The molecule has 0 fully saturated rings. The average molecular weight is 429 g/mol. The first-order valence-electron chi connectivity index (χ1n) is 10.4. The van der Waals surface area contributed by atoms with Crippen LogP contribution in [0.2, 0.25) is 0 Å². The van der Waals surface area contributed by atoms with Crippen molar-refractivity contribution in [3.8, 4) is 10.6 Å². The van der Waals surface area contributed by atoms with Gasteiger partial charge in [-0.3, -0.25) is 4.79 Å². The third-order valence-corrected chi connectivity index (χ3v) is 7.97. The number of hydrogen-bond acceptors (Lipinski definition) is 6. The lowest BCUT2D eigenvalue weighted by Crippen LogP contribution is -2.26. The normalized spacial score (nSPS) is 16.3. The summed E-state index contributed by atoms with van der Waals surface area (Å²) in [6, 6.07) is 8.64. The first-order valence-corrected chi connectivity index (χ1v) is 12.0. The van der Waals surface area contributed by atoms with E-state index in [1.54, 1.807) is 18.4 Å². The predicted molar refractivity (Wildman–Crippen MR) is 122 cm³/mol. The number of carbonyl (C=O) groups is 1. The number of aromatic nitrogens is 1. The Labute approximate surface area is 180 Å². The van der Waals surface area contributed by atoms with Gasteiger partial charge in [0.1, 0.15) is 10.8 Å². The van der Waals surface area contributed by atoms with Crippen LogP contribution in [0.5, 0.6) is 0 Å². The Kier molecular flexibility index (Phi) is 6.75. The molecule has 1 N–H and O–H groups in total. The number of Topliss-reactive ketones (excluding diaryl/α,β-unsaturated/α-hetero) is 1. The second kappa shape index (κ2) is 9.47. The topological polar surface area (TPSA) is 51.2 Å². The average Bonchev–Trinajstić information content (AvgIpc) is 3.29. The molecule has 0 spiro atoms. The van der Waals surface area contributed by atoms with Crippen LogP contribution < -0.4 is 5.32 Å². The van der Waals surface area contributed by atoms with E-state index in [4.69, 9.17) is 9.72 Å². The van der Waals surface area contributed by atoms with Crippen LogP contribution in [0.4, 0.5) is 0 Å². The maximum absolute atomic E-state index is 12.7. The van der Waals surface area contributed by atoms with Crippen LogP contribution in [0, 0.1) is 0 Å². The second-order valence-electron chi connectivity index (χ2n) is 7.67. The maximum atomic E-state index is 12.7.